The second kappa shape index (κ2) is 8.49. The number of esters is 1. The first-order chi connectivity index (χ1) is 10.7. The van der Waals surface area contributed by atoms with Gasteiger partial charge in [0.05, 0.1) is 13.0 Å². The van der Waals surface area contributed by atoms with Crippen LogP contribution in [-0.4, -0.2) is 50.3 Å². The van der Waals surface area contributed by atoms with Crippen molar-refractivity contribution in [2.24, 2.45) is 0 Å². The number of ether oxygens (including phenoxy) is 1. The summed E-state index contributed by atoms with van der Waals surface area (Å²) < 4.78 is 35.5. The van der Waals surface area contributed by atoms with Crippen LogP contribution in [0.15, 0.2) is 24.3 Å². The van der Waals surface area contributed by atoms with Gasteiger partial charge in [0, 0.05) is 12.7 Å². The van der Waals surface area contributed by atoms with E-state index < -0.39 is 33.8 Å². The number of benzene rings is 1. The van der Waals surface area contributed by atoms with Crippen molar-refractivity contribution in [2.75, 3.05) is 24.7 Å². The number of hydrogen-bond donors (Lipinski definition) is 3. The molecule has 23 heavy (non-hydrogen) atoms. The lowest BCUT2D eigenvalue weighted by Crippen LogP contribution is -2.46. The SMILES string of the molecule is CCOC(=O)C(CS(=O)(=O)O)NC(=O)Cc1ccc(NC)cc1. The molecule has 128 valence electrons. The summed E-state index contributed by atoms with van der Waals surface area (Å²) in [6.45, 7) is 1.58. The first kappa shape index (κ1) is 18.9. The summed E-state index contributed by atoms with van der Waals surface area (Å²) in [5.74, 6) is -2.40. The van der Waals surface area contributed by atoms with Crippen molar-refractivity contribution in [3.8, 4) is 0 Å². The van der Waals surface area contributed by atoms with E-state index in [0.29, 0.717) is 5.56 Å². The quantitative estimate of drug-likeness (QED) is 0.455. The molecule has 1 aromatic rings. The molecule has 9 heteroatoms. The number of amides is 1. The van der Waals surface area contributed by atoms with Gasteiger partial charge < -0.3 is 15.4 Å². The Morgan fingerprint density at radius 1 is 1.26 bits per heavy atom. The average molecular weight is 344 g/mol. The Kier molecular flexibility index (Phi) is 6.98. The van der Waals surface area contributed by atoms with Gasteiger partial charge >= 0.3 is 5.97 Å². The Bertz CT molecular complexity index is 642. The Morgan fingerprint density at radius 3 is 2.35 bits per heavy atom. The van der Waals surface area contributed by atoms with E-state index in [2.05, 4.69) is 10.6 Å². The van der Waals surface area contributed by atoms with Crippen molar-refractivity contribution in [3.05, 3.63) is 29.8 Å². The largest absolute Gasteiger partial charge is 0.464 e. The Hall–Kier alpha value is -2.13. The number of carbonyl (C=O) groups is 2. The highest BCUT2D eigenvalue weighted by atomic mass is 32.2. The smallest absolute Gasteiger partial charge is 0.329 e. The third-order valence-corrected chi connectivity index (χ3v) is 3.65. The monoisotopic (exact) mass is 344 g/mol. The van der Waals surface area contributed by atoms with Gasteiger partial charge in [-0.05, 0) is 24.6 Å². The van der Waals surface area contributed by atoms with Crippen molar-refractivity contribution < 1.29 is 27.3 Å². The normalized spacial score (nSPS) is 12.3. The molecular weight excluding hydrogens is 324 g/mol. The van der Waals surface area contributed by atoms with Crippen molar-refractivity contribution >= 4 is 27.7 Å². The van der Waals surface area contributed by atoms with Crippen molar-refractivity contribution in [1.29, 1.82) is 0 Å². The number of anilines is 1. The minimum Gasteiger partial charge on any atom is -0.464 e. The molecule has 0 fully saturated rings. The fourth-order valence-corrected chi connectivity index (χ4v) is 2.48. The Balaban J connectivity index is 2.73. The molecular formula is C14H20N2O6S. The molecule has 1 unspecified atom stereocenters. The van der Waals surface area contributed by atoms with Gasteiger partial charge in [-0.3, -0.25) is 9.35 Å². The summed E-state index contributed by atoms with van der Waals surface area (Å²) >= 11 is 0. The van der Waals surface area contributed by atoms with E-state index in [0.717, 1.165) is 5.69 Å². The maximum absolute atomic E-state index is 12.0. The number of hydrogen-bond acceptors (Lipinski definition) is 6. The van der Waals surface area contributed by atoms with E-state index in [4.69, 9.17) is 9.29 Å². The maximum atomic E-state index is 12.0. The minimum absolute atomic E-state index is 0.0299. The van der Waals surface area contributed by atoms with Gasteiger partial charge in [0.15, 0.2) is 0 Å². The second-order valence-corrected chi connectivity index (χ2v) is 6.24. The van der Waals surface area contributed by atoms with Crippen LogP contribution in [0.25, 0.3) is 0 Å². The zero-order valence-electron chi connectivity index (χ0n) is 12.9. The predicted molar refractivity (Wildman–Crippen MR) is 84.7 cm³/mol. The summed E-state index contributed by atoms with van der Waals surface area (Å²) in [5, 5.41) is 5.21. The molecule has 0 heterocycles. The Morgan fingerprint density at radius 2 is 1.87 bits per heavy atom. The lowest BCUT2D eigenvalue weighted by Gasteiger charge is -2.16. The van der Waals surface area contributed by atoms with Gasteiger partial charge in [0.1, 0.15) is 11.8 Å². The molecule has 0 spiro atoms. The fourth-order valence-electron chi connectivity index (χ4n) is 1.84. The summed E-state index contributed by atoms with van der Waals surface area (Å²) in [6, 6.07) is 5.57. The maximum Gasteiger partial charge on any atom is 0.329 e. The lowest BCUT2D eigenvalue weighted by atomic mass is 10.1. The minimum atomic E-state index is -4.44. The summed E-state index contributed by atoms with van der Waals surface area (Å²) in [4.78, 5) is 23.6. The van der Waals surface area contributed by atoms with Crippen LogP contribution in [-0.2, 0) is 30.9 Å². The second-order valence-electron chi connectivity index (χ2n) is 4.74. The van der Waals surface area contributed by atoms with Gasteiger partial charge in [0.25, 0.3) is 10.1 Å². The molecule has 0 aliphatic heterocycles. The summed E-state index contributed by atoms with van der Waals surface area (Å²) in [6.07, 6.45) is -0.0363. The van der Waals surface area contributed by atoms with Crippen LogP contribution in [0.4, 0.5) is 5.69 Å². The zero-order chi connectivity index (χ0) is 17.5. The van der Waals surface area contributed by atoms with Gasteiger partial charge in [-0.25, -0.2) is 4.79 Å². The average Bonchev–Trinajstić information content (AvgIpc) is 2.46. The number of carbonyl (C=O) groups excluding carboxylic acids is 2. The molecule has 0 saturated carbocycles. The molecule has 3 N–H and O–H groups in total. The van der Waals surface area contributed by atoms with E-state index in [1.165, 1.54) is 0 Å². The van der Waals surface area contributed by atoms with Crippen molar-refractivity contribution in [2.45, 2.75) is 19.4 Å². The number of nitrogens with one attached hydrogen (secondary N) is 2. The van der Waals surface area contributed by atoms with Crippen LogP contribution in [0.2, 0.25) is 0 Å². The van der Waals surface area contributed by atoms with Gasteiger partial charge in [0.2, 0.25) is 5.91 Å². The van der Waals surface area contributed by atoms with Gasteiger partial charge in [-0.15, -0.1) is 0 Å². The third kappa shape index (κ3) is 7.11. The van der Waals surface area contributed by atoms with E-state index in [-0.39, 0.29) is 13.0 Å². The van der Waals surface area contributed by atoms with Crippen LogP contribution in [0.1, 0.15) is 12.5 Å². The summed E-state index contributed by atoms with van der Waals surface area (Å²) in [7, 11) is -2.67. The van der Waals surface area contributed by atoms with Crippen LogP contribution >= 0.6 is 0 Å². The highest BCUT2D eigenvalue weighted by molar-refractivity contribution is 7.85. The van der Waals surface area contributed by atoms with E-state index in [9.17, 15) is 18.0 Å². The van der Waals surface area contributed by atoms with Crippen molar-refractivity contribution in [1.82, 2.24) is 5.32 Å². The highest BCUT2D eigenvalue weighted by Crippen LogP contribution is 2.09. The molecule has 1 rings (SSSR count). The molecule has 0 saturated heterocycles. The molecule has 1 aromatic carbocycles. The lowest BCUT2D eigenvalue weighted by molar-refractivity contribution is -0.146. The molecule has 1 atom stereocenters. The third-order valence-electron chi connectivity index (χ3n) is 2.89. The van der Waals surface area contributed by atoms with Crippen molar-refractivity contribution in [3.63, 3.8) is 0 Å². The van der Waals surface area contributed by atoms with Crippen LogP contribution < -0.4 is 10.6 Å². The Labute approximate surface area is 135 Å². The van der Waals surface area contributed by atoms with E-state index in [1.54, 1.807) is 38.2 Å². The summed E-state index contributed by atoms with van der Waals surface area (Å²) in [5.41, 5.74) is 1.57. The van der Waals surface area contributed by atoms with Crippen LogP contribution in [0, 0.1) is 0 Å². The van der Waals surface area contributed by atoms with Gasteiger partial charge in [-0.2, -0.15) is 8.42 Å². The first-order valence-electron chi connectivity index (χ1n) is 6.93. The topological polar surface area (TPSA) is 122 Å². The van der Waals surface area contributed by atoms with E-state index >= 15 is 0 Å². The van der Waals surface area contributed by atoms with Gasteiger partial charge in [-0.1, -0.05) is 12.1 Å². The van der Waals surface area contributed by atoms with E-state index in [1.807, 2.05) is 0 Å². The molecule has 0 bridgehead atoms. The fraction of sp³-hybridized carbons (Fsp3) is 0.429. The first-order valence-corrected chi connectivity index (χ1v) is 8.54. The van der Waals surface area contributed by atoms with Crippen LogP contribution in [0.3, 0.4) is 0 Å². The molecule has 8 nitrogen and oxygen atoms in total. The molecule has 0 aliphatic carbocycles. The van der Waals surface area contributed by atoms with Crippen LogP contribution in [0.5, 0.6) is 0 Å². The molecule has 0 aromatic heterocycles. The standard InChI is InChI=1S/C14H20N2O6S/c1-3-22-14(18)12(9-23(19,20)21)16-13(17)8-10-4-6-11(15-2)7-5-10/h4-7,12,15H,3,8-9H2,1-2H3,(H,16,17)(H,19,20,21). The molecule has 1 amide bonds. The molecule has 0 aliphatic rings. The number of rotatable bonds is 8. The predicted octanol–water partition coefficient (Wildman–Crippen LogP) is 0.207. The highest BCUT2D eigenvalue weighted by Gasteiger charge is 2.27. The molecule has 0 radical (unpaired) electrons. The zero-order valence-corrected chi connectivity index (χ0v) is 13.7.